The van der Waals surface area contributed by atoms with Crippen molar-refractivity contribution in [3.8, 4) is 0 Å². The van der Waals surface area contributed by atoms with Crippen LogP contribution < -0.4 is 10.9 Å². The lowest BCUT2D eigenvalue weighted by Gasteiger charge is -2.34. The number of carbonyl (C=O) groups excluding carboxylic acids is 2. The van der Waals surface area contributed by atoms with Gasteiger partial charge in [-0.05, 0) is 36.4 Å². The summed E-state index contributed by atoms with van der Waals surface area (Å²) in [7, 11) is 0. The standard InChI is InChI=1S/C22H25N5O3S/c1-15-4-3-5-16(2)20(15)24-18(28)12-25-7-9-26(10-8-25)19(29)13-27-14-23-21-17(22(27)30)6-11-31-21/h3-6,11,14H,7-10,12-13H2,1-2H3,(H,24,28). The summed E-state index contributed by atoms with van der Waals surface area (Å²) in [4.78, 5) is 46.4. The molecule has 8 nitrogen and oxygen atoms in total. The first-order valence-corrected chi connectivity index (χ1v) is 11.1. The van der Waals surface area contributed by atoms with Crippen molar-refractivity contribution in [1.29, 1.82) is 0 Å². The van der Waals surface area contributed by atoms with Gasteiger partial charge in [0.05, 0.1) is 18.3 Å². The summed E-state index contributed by atoms with van der Waals surface area (Å²) in [5.41, 5.74) is 2.74. The SMILES string of the molecule is Cc1cccc(C)c1NC(=O)CN1CCN(C(=O)Cn2cnc3sccc3c2=O)CC1. The second-order valence-electron chi connectivity index (χ2n) is 7.79. The molecule has 0 radical (unpaired) electrons. The minimum Gasteiger partial charge on any atom is -0.339 e. The van der Waals surface area contributed by atoms with Crippen molar-refractivity contribution >= 4 is 39.1 Å². The zero-order valence-electron chi connectivity index (χ0n) is 17.6. The molecular formula is C22H25N5O3S. The number of nitrogens with one attached hydrogen (secondary N) is 1. The molecule has 2 aromatic heterocycles. The summed E-state index contributed by atoms with van der Waals surface area (Å²) >= 11 is 1.41. The lowest BCUT2D eigenvalue weighted by Crippen LogP contribution is -2.51. The van der Waals surface area contributed by atoms with Crippen LogP contribution in [0.1, 0.15) is 11.1 Å². The van der Waals surface area contributed by atoms with E-state index >= 15 is 0 Å². The summed E-state index contributed by atoms with van der Waals surface area (Å²) < 4.78 is 1.36. The van der Waals surface area contributed by atoms with Crippen LogP contribution in [-0.4, -0.2) is 63.9 Å². The molecule has 2 amide bonds. The molecule has 162 valence electrons. The number of benzene rings is 1. The molecule has 1 aliphatic rings. The Morgan fingerprint density at radius 3 is 2.48 bits per heavy atom. The van der Waals surface area contributed by atoms with Crippen LogP contribution >= 0.6 is 11.3 Å². The molecule has 3 heterocycles. The number of fused-ring (bicyclic) bond motifs is 1. The van der Waals surface area contributed by atoms with Crippen LogP contribution in [0.25, 0.3) is 10.2 Å². The van der Waals surface area contributed by atoms with E-state index in [-0.39, 0.29) is 30.5 Å². The molecule has 4 rings (SSSR count). The third-order valence-corrected chi connectivity index (χ3v) is 6.41. The number of aryl methyl sites for hydroxylation is 2. The van der Waals surface area contributed by atoms with Crippen molar-refractivity contribution in [2.24, 2.45) is 0 Å². The monoisotopic (exact) mass is 439 g/mol. The first-order valence-electron chi connectivity index (χ1n) is 10.2. The van der Waals surface area contributed by atoms with E-state index in [2.05, 4.69) is 10.3 Å². The van der Waals surface area contributed by atoms with Crippen molar-refractivity contribution in [3.05, 3.63) is 57.5 Å². The van der Waals surface area contributed by atoms with Gasteiger partial charge >= 0.3 is 0 Å². The number of aromatic nitrogens is 2. The Bertz CT molecular complexity index is 1160. The predicted molar refractivity (Wildman–Crippen MR) is 121 cm³/mol. The molecule has 1 aliphatic heterocycles. The number of anilines is 1. The van der Waals surface area contributed by atoms with Crippen molar-refractivity contribution < 1.29 is 9.59 Å². The van der Waals surface area contributed by atoms with Crippen LogP contribution in [0.3, 0.4) is 0 Å². The van der Waals surface area contributed by atoms with Crippen LogP contribution in [0.15, 0.2) is 40.8 Å². The second-order valence-corrected chi connectivity index (χ2v) is 8.68. The van der Waals surface area contributed by atoms with E-state index in [4.69, 9.17) is 0 Å². The highest BCUT2D eigenvalue weighted by atomic mass is 32.1. The van der Waals surface area contributed by atoms with Crippen LogP contribution in [0.4, 0.5) is 5.69 Å². The average Bonchev–Trinajstić information content (AvgIpc) is 3.23. The Morgan fingerprint density at radius 1 is 1.06 bits per heavy atom. The Balaban J connectivity index is 1.30. The van der Waals surface area contributed by atoms with Crippen LogP contribution in [-0.2, 0) is 16.1 Å². The molecule has 0 aliphatic carbocycles. The topological polar surface area (TPSA) is 87.5 Å². The number of thiophene rings is 1. The fourth-order valence-corrected chi connectivity index (χ4v) is 4.52. The smallest absolute Gasteiger partial charge is 0.262 e. The maximum absolute atomic E-state index is 12.7. The normalized spacial score (nSPS) is 14.7. The lowest BCUT2D eigenvalue weighted by atomic mass is 10.1. The molecule has 1 fully saturated rings. The molecular weight excluding hydrogens is 414 g/mol. The van der Waals surface area contributed by atoms with Gasteiger partial charge in [-0.1, -0.05) is 18.2 Å². The predicted octanol–water partition coefficient (Wildman–Crippen LogP) is 1.86. The van der Waals surface area contributed by atoms with Gasteiger partial charge in [0, 0.05) is 31.9 Å². The first-order chi connectivity index (χ1) is 14.9. The Kier molecular flexibility index (Phi) is 6.15. The molecule has 1 saturated heterocycles. The Morgan fingerprint density at radius 2 is 1.77 bits per heavy atom. The molecule has 0 bridgehead atoms. The summed E-state index contributed by atoms with van der Waals surface area (Å²) in [6.07, 6.45) is 1.44. The minimum absolute atomic E-state index is 0.0231. The molecule has 1 N–H and O–H groups in total. The van der Waals surface area contributed by atoms with Crippen LogP contribution in [0.2, 0.25) is 0 Å². The molecule has 31 heavy (non-hydrogen) atoms. The van der Waals surface area contributed by atoms with Gasteiger partial charge < -0.3 is 10.2 Å². The number of nitrogens with zero attached hydrogens (tertiary/aromatic N) is 4. The Labute approximate surface area is 184 Å². The number of para-hydroxylation sites is 1. The third-order valence-electron chi connectivity index (χ3n) is 5.59. The number of piperazine rings is 1. The maximum Gasteiger partial charge on any atom is 0.262 e. The number of carbonyl (C=O) groups is 2. The van der Waals surface area contributed by atoms with Gasteiger partial charge in [-0.25, -0.2) is 4.98 Å². The molecule has 9 heteroatoms. The van der Waals surface area contributed by atoms with Crippen molar-refractivity contribution in [2.45, 2.75) is 20.4 Å². The van der Waals surface area contributed by atoms with Gasteiger partial charge in [0.25, 0.3) is 5.56 Å². The maximum atomic E-state index is 12.7. The second kappa shape index (κ2) is 8.99. The summed E-state index contributed by atoms with van der Waals surface area (Å²) in [6, 6.07) is 7.66. The fraction of sp³-hybridized carbons (Fsp3) is 0.364. The third kappa shape index (κ3) is 4.67. The highest BCUT2D eigenvalue weighted by Crippen LogP contribution is 2.19. The summed E-state index contributed by atoms with van der Waals surface area (Å²) in [5, 5.41) is 5.37. The van der Waals surface area contributed by atoms with Gasteiger partial charge in [-0.3, -0.25) is 23.9 Å². The molecule has 3 aromatic rings. The lowest BCUT2D eigenvalue weighted by molar-refractivity contribution is -0.133. The van der Waals surface area contributed by atoms with E-state index in [0.29, 0.717) is 36.4 Å². The van der Waals surface area contributed by atoms with Gasteiger partial charge in [0.2, 0.25) is 11.8 Å². The number of hydrogen-bond donors (Lipinski definition) is 1. The summed E-state index contributed by atoms with van der Waals surface area (Å²) in [5.74, 6) is -0.169. The summed E-state index contributed by atoms with van der Waals surface area (Å²) in [6.45, 7) is 6.49. The van der Waals surface area contributed by atoms with Gasteiger partial charge in [-0.15, -0.1) is 11.3 Å². The van der Waals surface area contributed by atoms with Crippen LogP contribution in [0, 0.1) is 13.8 Å². The highest BCUT2D eigenvalue weighted by Gasteiger charge is 2.23. The number of hydrogen-bond acceptors (Lipinski definition) is 6. The molecule has 0 atom stereocenters. The van der Waals surface area contributed by atoms with Gasteiger partial charge in [-0.2, -0.15) is 0 Å². The zero-order chi connectivity index (χ0) is 22.0. The van der Waals surface area contributed by atoms with Gasteiger partial charge in [0.1, 0.15) is 11.4 Å². The Hall–Kier alpha value is -3.04. The van der Waals surface area contributed by atoms with Gasteiger partial charge in [0.15, 0.2) is 0 Å². The quantitative estimate of drug-likeness (QED) is 0.656. The molecule has 0 spiro atoms. The van der Waals surface area contributed by atoms with E-state index < -0.39 is 0 Å². The van der Waals surface area contributed by atoms with E-state index in [0.717, 1.165) is 16.8 Å². The number of amides is 2. The van der Waals surface area contributed by atoms with E-state index in [1.807, 2.05) is 42.3 Å². The largest absolute Gasteiger partial charge is 0.339 e. The van der Waals surface area contributed by atoms with Crippen molar-refractivity contribution in [2.75, 3.05) is 38.0 Å². The fourth-order valence-electron chi connectivity index (χ4n) is 3.80. The van der Waals surface area contributed by atoms with Crippen molar-refractivity contribution in [1.82, 2.24) is 19.4 Å². The average molecular weight is 440 g/mol. The van der Waals surface area contributed by atoms with E-state index in [1.165, 1.54) is 22.2 Å². The number of rotatable bonds is 5. The zero-order valence-corrected chi connectivity index (χ0v) is 18.4. The molecule has 0 unspecified atom stereocenters. The first kappa shape index (κ1) is 21.2. The molecule has 1 aromatic carbocycles. The highest BCUT2D eigenvalue weighted by molar-refractivity contribution is 7.16. The van der Waals surface area contributed by atoms with Crippen LogP contribution in [0.5, 0.6) is 0 Å². The minimum atomic E-state index is -0.193. The van der Waals surface area contributed by atoms with E-state index in [1.54, 1.807) is 11.0 Å². The van der Waals surface area contributed by atoms with Crippen molar-refractivity contribution in [3.63, 3.8) is 0 Å². The molecule has 0 saturated carbocycles. The van der Waals surface area contributed by atoms with E-state index in [9.17, 15) is 14.4 Å².